The van der Waals surface area contributed by atoms with E-state index in [1.54, 1.807) is 38.7 Å². The predicted octanol–water partition coefficient (Wildman–Crippen LogP) is 6.35. The summed E-state index contributed by atoms with van der Waals surface area (Å²) in [6.45, 7) is 8.03. The summed E-state index contributed by atoms with van der Waals surface area (Å²) in [5.74, 6) is 0.379. The lowest BCUT2D eigenvalue weighted by molar-refractivity contribution is -0.137. The lowest BCUT2D eigenvalue weighted by Gasteiger charge is -2.29. The number of carbonyl (C=O) groups is 1. The molecule has 2 aromatic rings. The Labute approximate surface area is 197 Å². The molecule has 1 N–H and O–H groups in total. The number of hydrogen-bond donors (Lipinski definition) is 1. The first kappa shape index (κ1) is 25.9. The molecule has 188 valence electrons. The molecule has 2 atom stereocenters. The summed E-state index contributed by atoms with van der Waals surface area (Å²) in [6.07, 6.45) is -3.58. The number of amides is 1. The number of likely N-dealkylation sites (tertiary alicyclic amines) is 1. The van der Waals surface area contributed by atoms with E-state index in [4.69, 9.17) is 13.9 Å². The van der Waals surface area contributed by atoms with Crippen molar-refractivity contribution in [2.24, 2.45) is 5.92 Å². The van der Waals surface area contributed by atoms with Crippen molar-refractivity contribution in [2.45, 2.75) is 64.8 Å². The van der Waals surface area contributed by atoms with Gasteiger partial charge in [0.25, 0.3) is 0 Å². The molecule has 0 spiro atoms. The Balaban J connectivity index is 1.85. The van der Waals surface area contributed by atoms with Crippen LogP contribution in [0.5, 0.6) is 5.75 Å². The van der Waals surface area contributed by atoms with E-state index >= 15 is 0 Å². The molecule has 9 heteroatoms. The van der Waals surface area contributed by atoms with Crippen LogP contribution in [0.2, 0.25) is 0 Å². The van der Waals surface area contributed by atoms with Crippen LogP contribution in [0.25, 0.3) is 11.3 Å². The number of alkyl halides is 3. The fourth-order valence-electron chi connectivity index (χ4n) is 4.13. The van der Waals surface area contributed by atoms with Crippen molar-refractivity contribution in [3.8, 4) is 17.1 Å². The van der Waals surface area contributed by atoms with Gasteiger partial charge in [0.1, 0.15) is 29.0 Å². The van der Waals surface area contributed by atoms with Crippen molar-refractivity contribution in [1.82, 2.24) is 4.90 Å². The van der Waals surface area contributed by atoms with Crippen molar-refractivity contribution in [3.05, 3.63) is 41.2 Å². The van der Waals surface area contributed by atoms with E-state index in [2.05, 4.69) is 0 Å². The maximum absolute atomic E-state index is 13.1. The Morgan fingerprint density at radius 1 is 1.21 bits per heavy atom. The monoisotopic (exact) mass is 483 g/mol. The number of aliphatic hydroxyl groups is 1. The summed E-state index contributed by atoms with van der Waals surface area (Å²) < 4.78 is 55.9. The van der Waals surface area contributed by atoms with Gasteiger partial charge >= 0.3 is 12.3 Å². The van der Waals surface area contributed by atoms with Crippen LogP contribution >= 0.6 is 0 Å². The van der Waals surface area contributed by atoms with Gasteiger partial charge in [-0.15, -0.1) is 0 Å². The SMILES string of the molecule is COc1cc(C(F)(F)F)ccc1-c1oc(C(O)C2CCCCN(C(=O)OC(C)(C)C)C2)cc1C. The van der Waals surface area contributed by atoms with Crippen LogP contribution in [-0.2, 0) is 10.9 Å². The number of halogens is 3. The molecular weight excluding hydrogens is 451 g/mol. The molecule has 0 saturated carbocycles. The first-order valence-electron chi connectivity index (χ1n) is 11.3. The third kappa shape index (κ3) is 6.05. The second-order valence-electron chi connectivity index (χ2n) is 9.70. The van der Waals surface area contributed by atoms with Crippen LogP contribution in [0.4, 0.5) is 18.0 Å². The summed E-state index contributed by atoms with van der Waals surface area (Å²) in [7, 11) is 1.30. The summed E-state index contributed by atoms with van der Waals surface area (Å²) in [5.41, 5.74) is -0.420. The maximum Gasteiger partial charge on any atom is 0.416 e. The first-order chi connectivity index (χ1) is 15.8. The molecule has 1 aromatic heterocycles. The second-order valence-corrected chi connectivity index (χ2v) is 9.70. The molecule has 2 unspecified atom stereocenters. The summed E-state index contributed by atoms with van der Waals surface area (Å²) in [6, 6.07) is 4.89. The van der Waals surface area contributed by atoms with Crippen molar-refractivity contribution in [3.63, 3.8) is 0 Å². The number of nitrogens with zero attached hydrogens (tertiary/aromatic N) is 1. The molecule has 1 aliphatic rings. The van der Waals surface area contributed by atoms with Crippen molar-refractivity contribution in [1.29, 1.82) is 0 Å². The Hall–Kier alpha value is -2.68. The number of carbonyl (C=O) groups excluding carboxylic acids is 1. The van der Waals surface area contributed by atoms with E-state index in [0.29, 0.717) is 42.2 Å². The zero-order chi connectivity index (χ0) is 25.3. The second kappa shape index (κ2) is 9.90. The summed E-state index contributed by atoms with van der Waals surface area (Å²) in [4.78, 5) is 14.2. The van der Waals surface area contributed by atoms with Gasteiger partial charge in [0, 0.05) is 19.0 Å². The highest BCUT2D eigenvalue weighted by Gasteiger charge is 2.34. The highest BCUT2D eigenvalue weighted by Crippen LogP contribution is 2.41. The minimum Gasteiger partial charge on any atom is -0.496 e. The standard InChI is InChI=1S/C25H32F3NO5/c1-15-12-20(33-22(15)18-10-9-17(25(26,27)28)13-19(18)32-5)21(30)16-8-6-7-11-29(14-16)23(31)34-24(2,3)4/h9-10,12-13,16,21,30H,6-8,11,14H2,1-5H3. The minimum atomic E-state index is -4.50. The molecule has 0 radical (unpaired) electrons. The van der Waals surface area contributed by atoms with Crippen molar-refractivity contribution >= 4 is 6.09 Å². The zero-order valence-corrected chi connectivity index (χ0v) is 20.2. The number of hydrogen-bond acceptors (Lipinski definition) is 5. The van der Waals surface area contributed by atoms with Crippen LogP contribution in [-0.4, -0.2) is 41.9 Å². The van der Waals surface area contributed by atoms with Crippen molar-refractivity contribution in [2.75, 3.05) is 20.2 Å². The Kier molecular flexibility index (Phi) is 7.55. The quantitative estimate of drug-likeness (QED) is 0.548. The Morgan fingerprint density at radius 3 is 2.53 bits per heavy atom. The average Bonchev–Trinajstić information content (AvgIpc) is 2.95. The van der Waals surface area contributed by atoms with Crippen molar-refractivity contribution < 1.29 is 37.0 Å². The van der Waals surface area contributed by atoms with Crippen LogP contribution in [0.15, 0.2) is 28.7 Å². The van der Waals surface area contributed by atoms with E-state index in [-0.39, 0.29) is 11.7 Å². The third-order valence-corrected chi connectivity index (χ3v) is 5.81. The number of aryl methyl sites for hydroxylation is 1. The molecule has 0 aliphatic carbocycles. The minimum absolute atomic E-state index is 0.0267. The van der Waals surface area contributed by atoms with Crippen LogP contribution in [0.3, 0.4) is 0 Å². The third-order valence-electron chi connectivity index (χ3n) is 5.81. The zero-order valence-electron chi connectivity index (χ0n) is 20.2. The molecule has 0 bridgehead atoms. The molecule has 1 fully saturated rings. The van der Waals surface area contributed by atoms with E-state index in [1.165, 1.54) is 13.2 Å². The summed E-state index contributed by atoms with van der Waals surface area (Å²) in [5, 5.41) is 11.1. The fourth-order valence-corrected chi connectivity index (χ4v) is 4.13. The van der Waals surface area contributed by atoms with Gasteiger partial charge in [-0.1, -0.05) is 6.42 Å². The first-order valence-corrected chi connectivity index (χ1v) is 11.3. The Morgan fingerprint density at radius 2 is 1.91 bits per heavy atom. The lowest BCUT2D eigenvalue weighted by atomic mass is 9.95. The molecular formula is C25H32F3NO5. The van der Waals surface area contributed by atoms with E-state index < -0.39 is 29.5 Å². The van der Waals surface area contributed by atoms with Gasteiger partial charge in [0.15, 0.2) is 0 Å². The molecule has 1 saturated heterocycles. The van der Waals surface area contributed by atoms with Crippen LogP contribution < -0.4 is 4.74 Å². The molecule has 3 rings (SSSR count). The fraction of sp³-hybridized carbons (Fsp3) is 0.560. The largest absolute Gasteiger partial charge is 0.496 e. The van der Waals surface area contributed by atoms with Gasteiger partial charge < -0.3 is 23.9 Å². The van der Waals surface area contributed by atoms with Crippen LogP contribution in [0, 0.1) is 12.8 Å². The van der Waals surface area contributed by atoms with Gasteiger partial charge in [-0.3, -0.25) is 0 Å². The highest BCUT2D eigenvalue weighted by molar-refractivity contribution is 5.70. The molecule has 1 aromatic carbocycles. The number of ether oxygens (including phenoxy) is 2. The molecule has 1 aliphatic heterocycles. The van der Waals surface area contributed by atoms with Crippen LogP contribution in [0.1, 0.15) is 63.0 Å². The number of rotatable bonds is 4. The van der Waals surface area contributed by atoms with Gasteiger partial charge in [-0.2, -0.15) is 13.2 Å². The summed E-state index contributed by atoms with van der Waals surface area (Å²) >= 11 is 0. The van der Waals surface area contributed by atoms with Gasteiger partial charge in [0.05, 0.1) is 18.2 Å². The topological polar surface area (TPSA) is 72.1 Å². The molecule has 34 heavy (non-hydrogen) atoms. The number of aliphatic hydroxyl groups excluding tert-OH is 1. The Bertz CT molecular complexity index is 1010. The molecule has 6 nitrogen and oxygen atoms in total. The number of methoxy groups -OCH3 is 1. The average molecular weight is 484 g/mol. The van der Waals surface area contributed by atoms with Gasteiger partial charge in [-0.05, 0) is 70.4 Å². The normalized spacial score (nSPS) is 18.4. The van der Waals surface area contributed by atoms with Gasteiger partial charge in [0.2, 0.25) is 0 Å². The van der Waals surface area contributed by atoms with Gasteiger partial charge in [-0.25, -0.2) is 4.79 Å². The highest BCUT2D eigenvalue weighted by atomic mass is 19.4. The molecule has 2 heterocycles. The smallest absolute Gasteiger partial charge is 0.416 e. The van der Waals surface area contributed by atoms with E-state index in [9.17, 15) is 23.1 Å². The van der Waals surface area contributed by atoms with E-state index in [1.807, 2.05) is 0 Å². The molecule has 1 amide bonds. The number of furan rings is 1. The predicted molar refractivity (Wildman–Crippen MR) is 121 cm³/mol. The number of benzene rings is 1. The lowest BCUT2D eigenvalue weighted by Crippen LogP contribution is -2.40. The maximum atomic E-state index is 13.1. The van der Waals surface area contributed by atoms with E-state index in [0.717, 1.165) is 25.0 Å².